The summed E-state index contributed by atoms with van der Waals surface area (Å²) in [4.78, 5) is 40.5. The van der Waals surface area contributed by atoms with Crippen LogP contribution in [-0.2, 0) is 9.53 Å². The molecule has 4 rings (SSSR count). The number of carbonyl (C=O) groups is 3. The van der Waals surface area contributed by atoms with Gasteiger partial charge in [-0.15, -0.1) is 0 Å². The van der Waals surface area contributed by atoms with Crippen LogP contribution in [0.1, 0.15) is 40.0 Å². The summed E-state index contributed by atoms with van der Waals surface area (Å²) >= 11 is 0. The Morgan fingerprint density at radius 2 is 1.60 bits per heavy atom. The van der Waals surface area contributed by atoms with E-state index in [1.807, 2.05) is 24.3 Å². The van der Waals surface area contributed by atoms with E-state index in [1.165, 1.54) is 0 Å². The first-order chi connectivity index (χ1) is 14.6. The lowest BCUT2D eigenvalue weighted by Crippen LogP contribution is -2.36. The molecule has 0 aromatic heterocycles. The van der Waals surface area contributed by atoms with Gasteiger partial charge in [-0.05, 0) is 49.2 Å². The minimum absolute atomic E-state index is 0.0533. The molecule has 7 heteroatoms. The molecule has 2 aliphatic rings. The molecule has 30 heavy (non-hydrogen) atoms. The number of methoxy groups -OCH3 is 1. The zero-order chi connectivity index (χ0) is 21.1. The maximum absolute atomic E-state index is 12.4. The molecule has 0 saturated carbocycles. The van der Waals surface area contributed by atoms with Crippen LogP contribution in [0.3, 0.4) is 0 Å². The van der Waals surface area contributed by atoms with E-state index < -0.39 is 0 Å². The molecule has 2 aromatic carbocycles. The van der Waals surface area contributed by atoms with Crippen molar-refractivity contribution in [2.24, 2.45) is 0 Å². The van der Waals surface area contributed by atoms with Crippen LogP contribution in [0, 0.1) is 0 Å². The highest BCUT2D eigenvalue weighted by atomic mass is 16.5. The summed E-state index contributed by atoms with van der Waals surface area (Å²) in [5, 5.41) is 2.84. The molecule has 156 valence electrons. The Morgan fingerprint density at radius 3 is 2.17 bits per heavy atom. The number of hydrogen-bond donors (Lipinski definition) is 1. The summed E-state index contributed by atoms with van der Waals surface area (Å²) in [6.45, 7) is 1.96. The van der Waals surface area contributed by atoms with Gasteiger partial charge in [0.15, 0.2) is 0 Å². The SMILES string of the molecule is COC1CCN(c2ccc(NC(=O)CCN3C(=O)c4ccccc4C3=O)cc2)CC1. The van der Waals surface area contributed by atoms with Gasteiger partial charge in [-0.3, -0.25) is 19.3 Å². The number of nitrogens with one attached hydrogen (secondary N) is 1. The Kier molecular flexibility index (Phi) is 5.81. The molecular formula is C23H25N3O4. The van der Waals surface area contributed by atoms with Crippen molar-refractivity contribution < 1.29 is 19.1 Å². The quantitative estimate of drug-likeness (QED) is 0.745. The van der Waals surface area contributed by atoms with Gasteiger partial charge in [-0.1, -0.05) is 12.1 Å². The van der Waals surface area contributed by atoms with Gasteiger partial charge >= 0.3 is 0 Å². The topological polar surface area (TPSA) is 79.0 Å². The smallest absolute Gasteiger partial charge is 0.261 e. The Balaban J connectivity index is 1.29. The predicted octanol–water partition coefficient (Wildman–Crippen LogP) is 2.93. The van der Waals surface area contributed by atoms with Crippen LogP contribution in [0.5, 0.6) is 0 Å². The zero-order valence-corrected chi connectivity index (χ0v) is 17.0. The summed E-state index contributed by atoms with van der Waals surface area (Å²) in [7, 11) is 1.76. The Bertz CT molecular complexity index is 914. The second-order valence-electron chi connectivity index (χ2n) is 7.57. The van der Waals surface area contributed by atoms with Gasteiger partial charge in [0.1, 0.15) is 0 Å². The van der Waals surface area contributed by atoms with E-state index in [4.69, 9.17) is 4.74 Å². The monoisotopic (exact) mass is 407 g/mol. The van der Waals surface area contributed by atoms with Gasteiger partial charge < -0.3 is 15.0 Å². The number of fused-ring (bicyclic) bond motifs is 1. The van der Waals surface area contributed by atoms with Crippen LogP contribution >= 0.6 is 0 Å². The van der Waals surface area contributed by atoms with Crippen molar-refractivity contribution in [1.29, 1.82) is 0 Å². The largest absolute Gasteiger partial charge is 0.381 e. The van der Waals surface area contributed by atoms with Crippen molar-refractivity contribution in [3.63, 3.8) is 0 Å². The fraction of sp³-hybridized carbons (Fsp3) is 0.348. The lowest BCUT2D eigenvalue weighted by atomic mass is 10.1. The van der Waals surface area contributed by atoms with Crippen molar-refractivity contribution in [3.8, 4) is 0 Å². The summed E-state index contributed by atoms with van der Waals surface area (Å²) in [5.41, 5.74) is 2.60. The van der Waals surface area contributed by atoms with E-state index in [9.17, 15) is 14.4 Å². The highest BCUT2D eigenvalue weighted by molar-refractivity contribution is 6.21. The lowest BCUT2D eigenvalue weighted by Gasteiger charge is -2.33. The molecule has 2 aromatic rings. The minimum Gasteiger partial charge on any atom is -0.381 e. The maximum atomic E-state index is 12.4. The number of nitrogens with zero attached hydrogens (tertiary/aromatic N) is 2. The Morgan fingerprint density at radius 1 is 1.00 bits per heavy atom. The number of benzene rings is 2. The molecule has 0 atom stereocenters. The minimum atomic E-state index is -0.343. The molecule has 2 heterocycles. The van der Waals surface area contributed by atoms with Crippen molar-refractivity contribution >= 4 is 29.1 Å². The molecule has 2 aliphatic heterocycles. The fourth-order valence-electron chi connectivity index (χ4n) is 3.98. The number of imide groups is 1. The van der Waals surface area contributed by atoms with E-state index in [0.717, 1.165) is 36.5 Å². The molecule has 1 N–H and O–H groups in total. The van der Waals surface area contributed by atoms with E-state index >= 15 is 0 Å². The van der Waals surface area contributed by atoms with E-state index in [1.54, 1.807) is 31.4 Å². The van der Waals surface area contributed by atoms with Crippen molar-refractivity contribution in [3.05, 3.63) is 59.7 Å². The van der Waals surface area contributed by atoms with Gasteiger partial charge in [-0.2, -0.15) is 0 Å². The van der Waals surface area contributed by atoms with Crippen molar-refractivity contribution in [2.45, 2.75) is 25.4 Å². The summed E-state index contributed by atoms with van der Waals surface area (Å²) in [6, 6.07) is 14.5. The fourth-order valence-corrected chi connectivity index (χ4v) is 3.98. The molecule has 7 nitrogen and oxygen atoms in total. The van der Waals surface area contributed by atoms with Gasteiger partial charge in [0.05, 0.1) is 17.2 Å². The number of ether oxygens (including phenoxy) is 1. The first kappa shape index (κ1) is 20.1. The van der Waals surface area contributed by atoms with Crippen LogP contribution in [0.4, 0.5) is 11.4 Å². The van der Waals surface area contributed by atoms with Gasteiger partial charge in [-0.25, -0.2) is 0 Å². The normalized spacial score (nSPS) is 16.7. The standard InChI is InChI=1S/C23H25N3O4/c1-30-18-10-13-25(14-11-18)17-8-6-16(7-9-17)24-21(27)12-15-26-22(28)19-4-2-3-5-20(19)23(26)29/h2-9,18H,10-15H2,1H3,(H,24,27). The zero-order valence-electron chi connectivity index (χ0n) is 17.0. The third kappa shape index (κ3) is 4.07. The molecule has 0 aliphatic carbocycles. The van der Waals surface area contributed by atoms with Crippen LogP contribution in [-0.4, -0.2) is 55.5 Å². The summed E-state index contributed by atoms with van der Waals surface area (Å²) < 4.78 is 5.41. The predicted molar refractivity (Wildman–Crippen MR) is 114 cm³/mol. The molecule has 0 bridgehead atoms. The number of piperidine rings is 1. The number of carbonyl (C=O) groups excluding carboxylic acids is 3. The van der Waals surface area contributed by atoms with Crippen LogP contribution in [0.15, 0.2) is 48.5 Å². The van der Waals surface area contributed by atoms with Gasteiger partial charge in [0, 0.05) is 44.5 Å². The van der Waals surface area contributed by atoms with Crippen LogP contribution < -0.4 is 10.2 Å². The number of amides is 3. The first-order valence-electron chi connectivity index (χ1n) is 10.2. The van der Waals surface area contributed by atoms with E-state index in [-0.39, 0.29) is 30.7 Å². The first-order valence-corrected chi connectivity index (χ1v) is 10.2. The summed E-state index contributed by atoms with van der Waals surface area (Å²) in [5.74, 6) is -0.921. The van der Waals surface area contributed by atoms with Crippen LogP contribution in [0.2, 0.25) is 0 Å². The van der Waals surface area contributed by atoms with Gasteiger partial charge in [0.25, 0.3) is 11.8 Å². The Hall–Kier alpha value is -3.19. The van der Waals surface area contributed by atoms with E-state index in [2.05, 4.69) is 10.2 Å². The Labute approximate surface area is 175 Å². The second kappa shape index (κ2) is 8.67. The number of hydrogen-bond acceptors (Lipinski definition) is 5. The van der Waals surface area contributed by atoms with Crippen molar-refractivity contribution in [1.82, 2.24) is 4.90 Å². The molecule has 0 radical (unpaired) electrons. The van der Waals surface area contributed by atoms with E-state index in [0.29, 0.717) is 22.9 Å². The highest BCUT2D eigenvalue weighted by Gasteiger charge is 2.34. The summed E-state index contributed by atoms with van der Waals surface area (Å²) in [6.07, 6.45) is 2.40. The van der Waals surface area contributed by atoms with Gasteiger partial charge in [0.2, 0.25) is 5.91 Å². The highest BCUT2D eigenvalue weighted by Crippen LogP contribution is 2.24. The molecule has 0 unspecified atom stereocenters. The molecule has 0 spiro atoms. The average Bonchev–Trinajstić information content (AvgIpc) is 3.03. The lowest BCUT2D eigenvalue weighted by molar-refractivity contribution is -0.116. The number of anilines is 2. The second-order valence-corrected chi connectivity index (χ2v) is 7.57. The third-order valence-corrected chi connectivity index (χ3v) is 5.73. The number of rotatable bonds is 6. The average molecular weight is 407 g/mol. The molecule has 1 fully saturated rings. The van der Waals surface area contributed by atoms with Crippen LogP contribution in [0.25, 0.3) is 0 Å². The molecular weight excluding hydrogens is 382 g/mol. The third-order valence-electron chi connectivity index (χ3n) is 5.73. The molecule has 3 amide bonds. The molecule has 1 saturated heterocycles. The van der Waals surface area contributed by atoms with Crippen molar-refractivity contribution in [2.75, 3.05) is 37.0 Å². The maximum Gasteiger partial charge on any atom is 0.261 e.